The van der Waals surface area contributed by atoms with Gasteiger partial charge in [-0.2, -0.15) is 0 Å². The van der Waals surface area contributed by atoms with Gasteiger partial charge in [0.25, 0.3) is 5.92 Å². The second-order valence-corrected chi connectivity index (χ2v) is 4.39. The zero-order chi connectivity index (χ0) is 12.5. The molecule has 3 nitrogen and oxygen atoms in total. The number of rotatable bonds is 3. The van der Waals surface area contributed by atoms with Crippen molar-refractivity contribution < 1.29 is 13.5 Å². The van der Waals surface area contributed by atoms with E-state index in [2.05, 4.69) is 0 Å². The minimum Gasteiger partial charge on any atom is -0.399 e. The lowest BCUT2D eigenvalue weighted by atomic mass is 10.2. The van der Waals surface area contributed by atoms with Crippen LogP contribution >= 0.6 is 0 Å². The molecule has 0 aromatic heterocycles. The van der Waals surface area contributed by atoms with Crippen LogP contribution in [0, 0.1) is 0 Å². The number of nitrogen functional groups attached to an aromatic ring is 1. The van der Waals surface area contributed by atoms with Crippen LogP contribution in [0.15, 0.2) is 24.3 Å². The van der Waals surface area contributed by atoms with Crippen molar-refractivity contribution in [1.82, 2.24) is 0 Å². The van der Waals surface area contributed by atoms with Crippen molar-refractivity contribution in [2.24, 2.45) is 0 Å². The summed E-state index contributed by atoms with van der Waals surface area (Å²) in [7, 11) is 1.53. The van der Waals surface area contributed by atoms with E-state index in [1.54, 1.807) is 29.2 Å². The van der Waals surface area contributed by atoms with Crippen molar-refractivity contribution in [3.63, 3.8) is 0 Å². The molecule has 1 aromatic rings. The first-order valence-corrected chi connectivity index (χ1v) is 5.51. The quantitative estimate of drug-likeness (QED) is 0.825. The standard InChI is InChI=1S/C12H16F2N2O/c1-17-7-11-6-12(13,14)8-16(11)10-4-2-9(15)3-5-10/h2-5,11H,6-8,15H2,1H3. The van der Waals surface area contributed by atoms with Crippen molar-refractivity contribution in [3.8, 4) is 0 Å². The zero-order valence-electron chi connectivity index (χ0n) is 9.70. The Labute approximate surface area is 99.2 Å². The smallest absolute Gasteiger partial charge is 0.267 e. The maximum Gasteiger partial charge on any atom is 0.267 e. The average molecular weight is 242 g/mol. The number of halogens is 2. The van der Waals surface area contributed by atoms with Gasteiger partial charge in [-0.15, -0.1) is 0 Å². The summed E-state index contributed by atoms with van der Waals surface area (Å²) >= 11 is 0. The van der Waals surface area contributed by atoms with Crippen molar-refractivity contribution in [2.45, 2.75) is 18.4 Å². The number of nitrogens with zero attached hydrogens (tertiary/aromatic N) is 1. The third kappa shape index (κ3) is 2.66. The Hall–Kier alpha value is -1.36. The topological polar surface area (TPSA) is 38.5 Å². The minimum atomic E-state index is -2.65. The fourth-order valence-corrected chi connectivity index (χ4v) is 2.21. The van der Waals surface area contributed by atoms with Crippen LogP contribution in [0.1, 0.15) is 6.42 Å². The average Bonchev–Trinajstić information content (AvgIpc) is 2.56. The second kappa shape index (κ2) is 4.49. The van der Waals surface area contributed by atoms with Gasteiger partial charge in [0, 0.05) is 24.9 Å². The van der Waals surface area contributed by atoms with Gasteiger partial charge in [0.2, 0.25) is 0 Å². The molecule has 0 spiro atoms. The Morgan fingerprint density at radius 1 is 1.41 bits per heavy atom. The van der Waals surface area contributed by atoms with Gasteiger partial charge in [0.05, 0.1) is 19.2 Å². The van der Waals surface area contributed by atoms with Crippen LogP contribution in [-0.4, -0.2) is 32.2 Å². The molecule has 1 fully saturated rings. The normalized spacial score (nSPS) is 23.0. The van der Waals surface area contributed by atoms with Crippen LogP contribution in [0.2, 0.25) is 0 Å². The maximum atomic E-state index is 13.4. The first kappa shape index (κ1) is 12.1. The summed E-state index contributed by atoms with van der Waals surface area (Å²) in [5, 5.41) is 0. The monoisotopic (exact) mass is 242 g/mol. The van der Waals surface area contributed by atoms with Gasteiger partial charge in [0.15, 0.2) is 0 Å². The Bertz CT molecular complexity index is 381. The molecule has 2 rings (SSSR count). The van der Waals surface area contributed by atoms with Crippen LogP contribution in [0.4, 0.5) is 20.2 Å². The van der Waals surface area contributed by atoms with E-state index in [-0.39, 0.29) is 19.0 Å². The molecule has 0 aliphatic carbocycles. The molecule has 94 valence electrons. The van der Waals surface area contributed by atoms with E-state index in [0.717, 1.165) is 5.69 Å². The van der Waals surface area contributed by atoms with Gasteiger partial charge in [-0.1, -0.05) is 0 Å². The molecule has 0 radical (unpaired) electrons. The van der Waals surface area contributed by atoms with Crippen LogP contribution in [-0.2, 0) is 4.74 Å². The lowest BCUT2D eigenvalue weighted by Crippen LogP contribution is -2.33. The molecule has 1 heterocycles. The molecule has 1 aliphatic heterocycles. The fourth-order valence-electron chi connectivity index (χ4n) is 2.21. The SMILES string of the molecule is COCC1CC(F)(F)CN1c1ccc(N)cc1. The summed E-state index contributed by atoms with van der Waals surface area (Å²) in [6.07, 6.45) is -0.161. The van der Waals surface area contributed by atoms with Crippen LogP contribution in [0.3, 0.4) is 0 Å². The number of nitrogens with two attached hydrogens (primary N) is 1. The predicted molar refractivity (Wildman–Crippen MR) is 63.4 cm³/mol. The highest BCUT2D eigenvalue weighted by Crippen LogP contribution is 2.35. The summed E-state index contributed by atoms with van der Waals surface area (Å²) in [5.41, 5.74) is 6.97. The molecule has 0 saturated carbocycles. The van der Waals surface area contributed by atoms with E-state index < -0.39 is 5.92 Å². The van der Waals surface area contributed by atoms with E-state index in [0.29, 0.717) is 12.3 Å². The highest BCUT2D eigenvalue weighted by atomic mass is 19.3. The number of benzene rings is 1. The van der Waals surface area contributed by atoms with Gasteiger partial charge >= 0.3 is 0 Å². The molecule has 1 aromatic carbocycles. The van der Waals surface area contributed by atoms with Gasteiger partial charge < -0.3 is 15.4 Å². The van der Waals surface area contributed by atoms with Gasteiger partial charge in [-0.3, -0.25) is 0 Å². The number of alkyl halides is 2. The molecule has 17 heavy (non-hydrogen) atoms. The second-order valence-electron chi connectivity index (χ2n) is 4.39. The Morgan fingerprint density at radius 3 is 2.65 bits per heavy atom. The molecule has 1 atom stereocenters. The molecule has 1 unspecified atom stereocenters. The number of hydrogen-bond acceptors (Lipinski definition) is 3. The number of methoxy groups -OCH3 is 1. The molecule has 1 saturated heterocycles. The molecule has 1 aliphatic rings. The highest BCUT2D eigenvalue weighted by Gasteiger charge is 2.44. The van der Waals surface area contributed by atoms with Crippen LogP contribution < -0.4 is 10.6 Å². The number of hydrogen-bond donors (Lipinski definition) is 1. The van der Waals surface area contributed by atoms with Crippen molar-refractivity contribution in [2.75, 3.05) is 30.9 Å². The van der Waals surface area contributed by atoms with Gasteiger partial charge in [0.1, 0.15) is 0 Å². The molecular formula is C12H16F2N2O. The Kier molecular flexibility index (Phi) is 3.19. The van der Waals surface area contributed by atoms with Crippen LogP contribution in [0.5, 0.6) is 0 Å². The van der Waals surface area contributed by atoms with Crippen molar-refractivity contribution in [3.05, 3.63) is 24.3 Å². The summed E-state index contributed by atoms with van der Waals surface area (Å²) in [5.74, 6) is -2.65. The van der Waals surface area contributed by atoms with Gasteiger partial charge in [-0.05, 0) is 24.3 Å². The lowest BCUT2D eigenvalue weighted by Gasteiger charge is -2.25. The first-order valence-electron chi connectivity index (χ1n) is 5.51. The minimum absolute atomic E-state index is 0.161. The molecular weight excluding hydrogens is 226 g/mol. The maximum absolute atomic E-state index is 13.4. The van der Waals surface area contributed by atoms with E-state index in [1.165, 1.54) is 7.11 Å². The third-order valence-corrected chi connectivity index (χ3v) is 2.96. The van der Waals surface area contributed by atoms with E-state index in [9.17, 15) is 8.78 Å². The molecule has 0 bridgehead atoms. The highest BCUT2D eigenvalue weighted by molar-refractivity contribution is 5.54. The number of anilines is 2. The summed E-state index contributed by atoms with van der Waals surface area (Å²) in [6.45, 7) is 0.0465. The zero-order valence-corrected chi connectivity index (χ0v) is 9.70. The number of ether oxygens (including phenoxy) is 1. The Balaban J connectivity index is 2.20. The largest absolute Gasteiger partial charge is 0.399 e. The van der Waals surface area contributed by atoms with Crippen molar-refractivity contribution >= 4 is 11.4 Å². The Morgan fingerprint density at radius 2 is 2.06 bits per heavy atom. The molecule has 2 N–H and O–H groups in total. The lowest BCUT2D eigenvalue weighted by molar-refractivity contribution is 0.0189. The molecule has 0 amide bonds. The first-order chi connectivity index (χ1) is 8.02. The summed E-state index contributed by atoms with van der Waals surface area (Å²) in [4.78, 5) is 1.68. The third-order valence-electron chi connectivity index (χ3n) is 2.96. The summed E-state index contributed by atoms with van der Waals surface area (Å²) < 4.78 is 31.8. The van der Waals surface area contributed by atoms with Crippen molar-refractivity contribution in [1.29, 1.82) is 0 Å². The predicted octanol–water partition coefficient (Wildman–Crippen LogP) is 2.13. The van der Waals surface area contributed by atoms with Gasteiger partial charge in [-0.25, -0.2) is 8.78 Å². The summed E-state index contributed by atoms with van der Waals surface area (Å²) in [6, 6.07) is 6.68. The van der Waals surface area contributed by atoms with E-state index in [1.807, 2.05) is 0 Å². The fraction of sp³-hybridized carbons (Fsp3) is 0.500. The molecule has 5 heteroatoms. The van der Waals surface area contributed by atoms with E-state index >= 15 is 0 Å². The van der Waals surface area contributed by atoms with Crippen LogP contribution in [0.25, 0.3) is 0 Å². The van der Waals surface area contributed by atoms with E-state index in [4.69, 9.17) is 10.5 Å².